The van der Waals surface area contributed by atoms with Gasteiger partial charge in [-0.05, 0) is 38.1 Å². The van der Waals surface area contributed by atoms with Gasteiger partial charge in [0, 0.05) is 5.39 Å². The summed E-state index contributed by atoms with van der Waals surface area (Å²) in [6.45, 7) is 3.99. The van der Waals surface area contributed by atoms with Gasteiger partial charge in [0.05, 0.1) is 17.4 Å². The number of pyridine rings is 1. The van der Waals surface area contributed by atoms with Gasteiger partial charge < -0.3 is 9.73 Å². The fourth-order valence-electron chi connectivity index (χ4n) is 2.20. The van der Waals surface area contributed by atoms with Gasteiger partial charge in [-0.25, -0.2) is 4.98 Å². The second-order valence-electron chi connectivity index (χ2n) is 4.82. The minimum absolute atomic E-state index is 0.0593. The van der Waals surface area contributed by atoms with Crippen LogP contribution < -0.4 is 5.32 Å². The number of hydrogen-bond acceptors (Lipinski definition) is 3. The monoisotopic (exact) mass is 286 g/mol. The number of benzene rings is 1. The Labute approximate surface area is 122 Å². The van der Waals surface area contributed by atoms with E-state index in [1.165, 1.54) is 0 Å². The zero-order valence-corrected chi connectivity index (χ0v) is 12.1. The van der Waals surface area contributed by atoms with Gasteiger partial charge in [0.25, 0.3) is 0 Å². The summed E-state index contributed by atoms with van der Waals surface area (Å²) in [7, 11) is 0. The Bertz CT molecular complexity index is 718. The molecule has 0 bridgehead atoms. The summed E-state index contributed by atoms with van der Waals surface area (Å²) >= 11 is 5.87. The van der Waals surface area contributed by atoms with Crippen LogP contribution in [-0.4, -0.2) is 4.98 Å². The maximum atomic E-state index is 5.87. The number of rotatable bonds is 3. The Kier molecular flexibility index (Phi) is 3.36. The highest BCUT2D eigenvalue weighted by molar-refractivity contribution is 6.29. The summed E-state index contributed by atoms with van der Waals surface area (Å²) in [5.74, 6) is 0.903. The van der Waals surface area contributed by atoms with E-state index in [9.17, 15) is 0 Å². The molecule has 3 rings (SSSR count). The molecule has 3 nitrogen and oxygen atoms in total. The second-order valence-corrected chi connectivity index (χ2v) is 5.21. The third-order valence-electron chi connectivity index (χ3n) is 3.30. The molecular formula is C16H15ClN2O. The highest BCUT2D eigenvalue weighted by Gasteiger charge is 2.12. The minimum atomic E-state index is 0.0593. The van der Waals surface area contributed by atoms with Gasteiger partial charge in [0.2, 0.25) is 0 Å². The maximum Gasteiger partial charge on any atom is 0.134 e. The Hall–Kier alpha value is -2.00. The number of nitrogens with zero attached hydrogens (tertiary/aromatic N) is 1. The molecule has 20 heavy (non-hydrogen) atoms. The minimum Gasteiger partial charge on any atom is -0.459 e. The lowest BCUT2D eigenvalue weighted by Crippen LogP contribution is -2.07. The van der Waals surface area contributed by atoms with Crippen molar-refractivity contribution in [3.05, 3.63) is 59.1 Å². The van der Waals surface area contributed by atoms with E-state index in [-0.39, 0.29) is 6.04 Å². The van der Waals surface area contributed by atoms with Crippen LogP contribution in [0.15, 0.2) is 46.9 Å². The summed E-state index contributed by atoms with van der Waals surface area (Å²) in [6, 6.07) is 13.8. The molecule has 0 saturated heterocycles. The molecule has 0 spiro atoms. The topological polar surface area (TPSA) is 38.1 Å². The van der Waals surface area contributed by atoms with Gasteiger partial charge in [-0.2, -0.15) is 0 Å². The van der Waals surface area contributed by atoms with Crippen molar-refractivity contribution in [3.8, 4) is 0 Å². The van der Waals surface area contributed by atoms with Crippen LogP contribution in [0.3, 0.4) is 0 Å². The van der Waals surface area contributed by atoms with Gasteiger partial charge in [0.15, 0.2) is 0 Å². The Morgan fingerprint density at radius 3 is 2.75 bits per heavy atom. The van der Waals surface area contributed by atoms with Crippen LogP contribution in [0.2, 0.25) is 5.15 Å². The Morgan fingerprint density at radius 2 is 2.00 bits per heavy atom. The first-order chi connectivity index (χ1) is 9.63. The third-order valence-corrected chi connectivity index (χ3v) is 3.51. The van der Waals surface area contributed by atoms with E-state index in [4.69, 9.17) is 16.0 Å². The molecule has 0 radical (unpaired) electrons. The molecule has 2 heterocycles. The fraction of sp³-hybridized carbons (Fsp3) is 0.188. The highest BCUT2D eigenvalue weighted by Crippen LogP contribution is 2.27. The number of halogens is 1. The van der Waals surface area contributed by atoms with Crippen molar-refractivity contribution in [2.75, 3.05) is 5.32 Å². The van der Waals surface area contributed by atoms with Gasteiger partial charge in [-0.15, -0.1) is 0 Å². The van der Waals surface area contributed by atoms with E-state index < -0.39 is 0 Å². The van der Waals surface area contributed by atoms with Crippen LogP contribution in [-0.2, 0) is 0 Å². The van der Waals surface area contributed by atoms with E-state index in [0.29, 0.717) is 5.15 Å². The first kappa shape index (κ1) is 13.0. The van der Waals surface area contributed by atoms with Crippen molar-refractivity contribution in [1.29, 1.82) is 0 Å². The standard InChI is InChI=1S/C16H15ClN2O/c1-10-13(7-8-16(17)19-10)18-11(2)15-9-12-5-3-4-6-14(12)20-15/h3-9,11,18H,1-2H3. The van der Waals surface area contributed by atoms with E-state index in [2.05, 4.69) is 23.3 Å². The van der Waals surface area contributed by atoms with Crippen molar-refractivity contribution < 1.29 is 4.42 Å². The summed E-state index contributed by atoms with van der Waals surface area (Å²) in [6.07, 6.45) is 0. The number of furan rings is 1. The first-order valence-corrected chi connectivity index (χ1v) is 6.89. The van der Waals surface area contributed by atoms with Gasteiger partial charge >= 0.3 is 0 Å². The van der Waals surface area contributed by atoms with Crippen LogP contribution in [0.4, 0.5) is 5.69 Å². The number of aromatic nitrogens is 1. The molecule has 0 aliphatic heterocycles. The Morgan fingerprint density at radius 1 is 1.20 bits per heavy atom. The average molecular weight is 287 g/mol. The molecule has 1 N–H and O–H groups in total. The fourth-order valence-corrected chi connectivity index (χ4v) is 2.39. The molecule has 2 aromatic heterocycles. The predicted octanol–water partition coefficient (Wildman–Crippen LogP) is 4.96. The van der Waals surface area contributed by atoms with Crippen LogP contribution in [0, 0.1) is 6.92 Å². The molecule has 102 valence electrons. The van der Waals surface area contributed by atoms with Gasteiger partial charge in [0.1, 0.15) is 16.5 Å². The van der Waals surface area contributed by atoms with E-state index in [1.807, 2.05) is 37.3 Å². The third kappa shape index (κ3) is 2.49. The summed E-state index contributed by atoms with van der Waals surface area (Å²) < 4.78 is 5.86. The lowest BCUT2D eigenvalue weighted by molar-refractivity contribution is 0.526. The molecule has 1 aromatic carbocycles. The van der Waals surface area contributed by atoms with Crippen molar-refractivity contribution in [2.24, 2.45) is 0 Å². The smallest absolute Gasteiger partial charge is 0.134 e. The zero-order valence-electron chi connectivity index (χ0n) is 11.4. The number of para-hydroxylation sites is 1. The normalized spacial score (nSPS) is 12.6. The summed E-state index contributed by atoms with van der Waals surface area (Å²) in [5.41, 5.74) is 2.74. The van der Waals surface area contributed by atoms with Crippen LogP contribution in [0.1, 0.15) is 24.4 Å². The van der Waals surface area contributed by atoms with Crippen molar-refractivity contribution in [3.63, 3.8) is 0 Å². The molecule has 1 atom stereocenters. The summed E-state index contributed by atoms with van der Waals surface area (Å²) in [5, 5.41) is 5.02. The maximum absolute atomic E-state index is 5.87. The summed E-state index contributed by atoms with van der Waals surface area (Å²) in [4.78, 5) is 4.24. The average Bonchev–Trinajstić information content (AvgIpc) is 2.86. The van der Waals surface area contributed by atoms with Gasteiger partial charge in [-0.3, -0.25) is 0 Å². The van der Waals surface area contributed by atoms with Gasteiger partial charge in [-0.1, -0.05) is 29.8 Å². The van der Waals surface area contributed by atoms with Crippen molar-refractivity contribution in [2.45, 2.75) is 19.9 Å². The molecule has 4 heteroatoms. The lowest BCUT2D eigenvalue weighted by Gasteiger charge is -2.14. The molecule has 0 aliphatic rings. The number of hydrogen-bond donors (Lipinski definition) is 1. The largest absolute Gasteiger partial charge is 0.459 e. The lowest BCUT2D eigenvalue weighted by atomic mass is 10.2. The molecule has 0 fully saturated rings. The van der Waals surface area contributed by atoms with E-state index >= 15 is 0 Å². The van der Waals surface area contributed by atoms with E-state index in [1.54, 1.807) is 6.07 Å². The molecule has 1 unspecified atom stereocenters. The molecule has 0 saturated carbocycles. The first-order valence-electron chi connectivity index (χ1n) is 6.51. The molecule has 0 aliphatic carbocycles. The van der Waals surface area contributed by atoms with Crippen molar-refractivity contribution in [1.82, 2.24) is 4.98 Å². The zero-order chi connectivity index (χ0) is 14.1. The molecule has 0 amide bonds. The number of fused-ring (bicyclic) bond motifs is 1. The van der Waals surface area contributed by atoms with E-state index in [0.717, 1.165) is 28.1 Å². The highest BCUT2D eigenvalue weighted by atomic mass is 35.5. The number of aryl methyl sites for hydroxylation is 1. The SMILES string of the molecule is Cc1nc(Cl)ccc1NC(C)c1cc2ccccc2o1. The quantitative estimate of drug-likeness (QED) is 0.691. The van der Waals surface area contributed by atoms with Crippen molar-refractivity contribution >= 4 is 28.3 Å². The molecule has 3 aromatic rings. The van der Waals surface area contributed by atoms with Crippen LogP contribution in [0.25, 0.3) is 11.0 Å². The number of nitrogens with one attached hydrogen (secondary N) is 1. The van der Waals surface area contributed by atoms with Crippen LogP contribution >= 0.6 is 11.6 Å². The second kappa shape index (κ2) is 5.17. The Balaban J connectivity index is 1.86. The molecular weight excluding hydrogens is 272 g/mol. The predicted molar refractivity (Wildman–Crippen MR) is 82.2 cm³/mol. The van der Waals surface area contributed by atoms with Crippen LogP contribution in [0.5, 0.6) is 0 Å². The number of anilines is 1.